The number of hydrogen-bond acceptors (Lipinski definition) is 4. The Bertz CT molecular complexity index is 611. The third kappa shape index (κ3) is 2.22. The van der Waals surface area contributed by atoms with Crippen molar-refractivity contribution in [3.05, 3.63) is 33.6 Å². The molecule has 1 aromatic heterocycles. The molecule has 18 heavy (non-hydrogen) atoms. The molecular weight excluding hydrogens is 244 g/mol. The maximum atomic E-state index is 8.67. The van der Waals surface area contributed by atoms with Gasteiger partial charge in [0.25, 0.3) is 0 Å². The highest BCUT2D eigenvalue weighted by Gasteiger charge is 2.11. The fourth-order valence-corrected chi connectivity index (χ4v) is 2.60. The number of aromatic nitrogens is 1. The van der Waals surface area contributed by atoms with Crippen LogP contribution in [0.25, 0.3) is 11.3 Å². The third-order valence-electron chi connectivity index (χ3n) is 3.02. The van der Waals surface area contributed by atoms with Gasteiger partial charge >= 0.3 is 0 Å². The van der Waals surface area contributed by atoms with E-state index in [0.717, 1.165) is 27.6 Å². The van der Waals surface area contributed by atoms with Crippen LogP contribution in [0.5, 0.6) is 5.75 Å². The second-order valence-electron chi connectivity index (χ2n) is 4.03. The van der Waals surface area contributed by atoms with Crippen molar-refractivity contribution in [2.24, 2.45) is 0 Å². The van der Waals surface area contributed by atoms with Gasteiger partial charge in [0.05, 0.1) is 25.3 Å². The van der Waals surface area contributed by atoms with E-state index >= 15 is 0 Å². The molecule has 1 heterocycles. The minimum atomic E-state index is 0.374. The van der Waals surface area contributed by atoms with Crippen LogP contribution in [0, 0.1) is 25.2 Å². The monoisotopic (exact) mass is 258 g/mol. The molecule has 0 amide bonds. The number of methoxy groups -OCH3 is 1. The Kier molecular flexibility index (Phi) is 3.63. The summed E-state index contributed by atoms with van der Waals surface area (Å²) in [4.78, 5) is 4.48. The molecule has 92 valence electrons. The molecule has 0 unspecified atom stereocenters. The average Bonchev–Trinajstić information content (AvgIpc) is 2.81. The smallest absolute Gasteiger partial charge is 0.122 e. The number of rotatable bonds is 3. The van der Waals surface area contributed by atoms with Gasteiger partial charge in [-0.2, -0.15) is 5.26 Å². The third-order valence-corrected chi connectivity index (χ3v) is 3.86. The van der Waals surface area contributed by atoms with Crippen molar-refractivity contribution >= 4 is 11.3 Å². The van der Waals surface area contributed by atoms with Crippen LogP contribution in [0.15, 0.2) is 17.5 Å². The maximum Gasteiger partial charge on any atom is 0.122 e. The highest BCUT2D eigenvalue weighted by Crippen LogP contribution is 2.31. The van der Waals surface area contributed by atoms with E-state index in [2.05, 4.69) is 18.0 Å². The van der Waals surface area contributed by atoms with Crippen molar-refractivity contribution in [1.29, 1.82) is 5.26 Å². The Balaban J connectivity index is 2.45. The largest absolute Gasteiger partial charge is 0.496 e. The van der Waals surface area contributed by atoms with Crippen LogP contribution in [-0.4, -0.2) is 12.1 Å². The summed E-state index contributed by atoms with van der Waals surface area (Å²) >= 11 is 1.53. The lowest BCUT2D eigenvalue weighted by molar-refractivity contribution is 0.411. The van der Waals surface area contributed by atoms with Crippen LogP contribution in [0.4, 0.5) is 0 Å². The lowest BCUT2D eigenvalue weighted by atomic mass is 10.0. The summed E-state index contributed by atoms with van der Waals surface area (Å²) in [5.74, 6) is 0.892. The summed E-state index contributed by atoms with van der Waals surface area (Å²) in [7, 11) is 1.68. The molecule has 2 rings (SSSR count). The van der Waals surface area contributed by atoms with Crippen LogP contribution in [0.3, 0.4) is 0 Å². The molecule has 0 aliphatic heterocycles. The van der Waals surface area contributed by atoms with Gasteiger partial charge in [0.1, 0.15) is 10.8 Å². The molecule has 3 nitrogen and oxygen atoms in total. The molecule has 0 N–H and O–H groups in total. The number of thiazole rings is 1. The van der Waals surface area contributed by atoms with E-state index < -0.39 is 0 Å². The SMILES string of the molecule is COc1ccc(-c2csc(CC#N)n2)c(C)c1C. The van der Waals surface area contributed by atoms with Crippen LogP contribution in [-0.2, 0) is 6.42 Å². The molecule has 0 spiro atoms. The van der Waals surface area contributed by atoms with Gasteiger partial charge < -0.3 is 4.74 Å². The number of nitrogens with zero attached hydrogens (tertiary/aromatic N) is 2. The van der Waals surface area contributed by atoms with Gasteiger partial charge in [-0.05, 0) is 37.1 Å². The Morgan fingerprint density at radius 3 is 2.78 bits per heavy atom. The van der Waals surface area contributed by atoms with Crippen LogP contribution in [0.1, 0.15) is 16.1 Å². The second kappa shape index (κ2) is 5.19. The first-order valence-electron chi connectivity index (χ1n) is 5.63. The molecule has 0 bridgehead atoms. The summed E-state index contributed by atoms with van der Waals surface area (Å²) in [6, 6.07) is 6.10. The molecule has 0 aliphatic rings. The molecular formula is C14H14N2OS. The topological polar surface area (TPSA) is 45.9 Å². The molecule has 0 atom stereocenters. The quantitative estimate of drug-likeness (QED) is 0.846. The van der Waals surface area contributed by atoms with Gasteiger partial charge in [-0.25, -0.2) is 4.98 Å². The lowest BCUT2D eigenvalue weighted by Gasteiger charge is -2.10. The summed E-state index contributed by atoms with van der Waals surface area (Å²) < 4.78 is 5.30. The van der Waals surface area contributed by atoms with Gasteiger partial charge in [0, 0.05) is 10.9 Å². The second-order valence-corrected chi connectivity index (χ2v) is 4.97. The Labute approximate surface area is 111 Å². The van der Waals surface area contributed by atoms with Gasteiger partial charge in [0.2, 0.25) is 0 Å². The number of ether oxygens (including phenoxy) is 1. The van der Waals surface area contributed by atoms with Crippen LogP contribution >= 0.6 is 11.3 Å². The zero-order chi connectivity index (χ0) is 13.1. The molecule has 0 saturated heterocycles. The average molecular weight is 258 g/mol. The van der Waals surface area contributed by atoms with Crippen molar-refractivity contribution in [1.82, 2.24) is 4.98 Å². The Hall–Kier alpha value is -1.86. The van der Waals surface area contributed by atoms with E-state index in [9.17, 15) is 0 Å². The fourth-order valence-electron chi connectivity index (χ4n) is 1.88. The number of hydrogen-bond donors (Lipinski definition) is 0. The summed E-state index contributed by atoms with van der Waals surface area (Å²) in [5.41, 5.74) is 4.34. The summed E-state index contributed by atoms with van der Waals surface area (Å²) in [6.07, 6.45) is 0.374. The molecule has 0 aliphatic carbocycles. The zero-order valence-corrected chi connectivity index (χ0v) is 11.5. The molecule has 0 saturated carbocycles. The molecule has 0 radical (unpaired) electrons. The van der Waals surface area contributed by atoms with Gasteiger partial charge in [-0.3, -0.25) is 0 Å². The number of benzene rings is 1. The first-order chi connectivity index (χ1) is 8.67. The van der Waals surface area contributed by atoms with Crippen molar-refractivity contribution in [3.8, 4) is 23.1 Å². The van der Waals surface area contributed by atoms with Crippen molar-refractivity contribution in [3.63, 3.8) is 0 Å². The summed E-state index contributed by atoms with van der Waals surface area (Å²) in [6.45, 7) is 4.11. The zero-order valence-electron chi connectivity index (χ0n) is 10.7. The van der Waals surface area contributed by atoms with Gasteiger partial charge in [-0.15, -0.1) is 11.3 Å². The number of nitriles is 1. The first kappa shape index (κ1) is 12.6. The molecule has 1 aromatic carbocycles. The summed E-state index contributed by atoms with van der Waals surface area (Å²) in [5, 5.41) is 11.5. The van der Waals surface area contributed by atoms with Crippen molar-refractivity contribution in [2.75, 3.05) is 7.11 Å². The predicted octanol–water partition coefficient (Wildman–Crippen LogP) is 3.50. The molecule has 0 fully saturated rings. The molecule has 4 heteroatoms. The fraction of sp³-hybridized carbons (Fsp3) is 0.286. The van der Waals surface area contributed by atoms with Crippen LogP contribution < -0.4 is 4.74 Å². The molecule has 2 aromatic rings. The van der Waals surface area contributed by atoms with Crippen LogP contribution in [0.2, 0.25) is 0 Å². The van der Waals surface area contributed by atoms with E-state index in [1.807, 2.05) is 24.4 Å². The predicted molar refractivity (Wildman–Crippen MR) is 72.9 cm³/mol. The van der Waals surface area contributed by atoms with Crippen molar-refractivity contribution < 1.29 is 4.74 Å². The van der Waals surface area contributed by atoms with E-state index in [1.165, 1.54) is 16.9 Å². The van der Waals surface area contributed by atoms with Crippen molar-refractivity contribution in [2.45, 2.75) is 20.3 Å². The van der Waals surface area contributed by atoms with E-state index in [1.54, 1.807) is 7.11 Å². The maximum absolute atomic E-state index is 8.67. The lowest BCUT2D eigenvalue weighted by Crippen LogP contribution is -1.93. The highest BCUT2D eigenvalue weighted by atomic mass is 32.1. The Morgan fingerprint density at radius 1 is 1.33 bits per heavy atom. The standard InChI is InChI=1S/C14H14N2OS/c1-9-10(2)13(17-3)5-4-11(9)12-8-18-14(16-12)6-7-15/h4-5,8H,6H2,1-3H3. The minimum absolute atomic E-state index is 0.374. The first-order valence-corrected chi connectivity index (χ1v) is 6.51. The Morgan fingerprint density at radius 2 is 2.11 bits per heavy atom. The minimum Gasteiger partial charge on any atom is -0.496 e. The van der Waals surface area contributed by atoms with Gasteiger partial charge in [-0.1, -0.05) is 0 Å². The van der Waals surface area contributed by atoms with Gasteiger partial charge in [0.15, 0.2) is 0 Å². The van der Waals surface area contributed by atoms with E-state index in [-0.39, 0.29) is 0 Å². The highest BCUT2D eigenvalue weighted by molar-refractivity contribution is 7.10. The normalized spacial score (nSPS) is 10.1. The van der Waals surface area contributed by atoms with E-state index in [0.29, 0.717) is 6.42 Å². The van der Waals surface area contributed by atoms with E-state index in [4.69, 9.17) is 10.00 Å².